The zero-order chi connectivity index (χ0) is 26.1. The van der Waals surface area contributed by atoms with Gasteiger partial charge in [0.1, 0.15) is 12.4 Å². The number of likely N-dealkylation sites (tertiary alicyclic amines) is 1. The number of nitrogens with one attached hydrogen (secondary N) is 1. The number of fused-ring (bicyclic) bond motifs is 1. The molecule has 0 spiro atoms. The predicted molar refractivity (Wildman–Crippen MR) is 110 cm³/mol. The van der Waals surface area contributed by atoms with Crippen LogP contribution in [0.4, 0.5) is 26.3 Å². The quantitative estimate of drug-likeness (QED) is 0.426. The van der Waals surface area contributed by atoms with Crippen LogP contribution in [0.1, 0.15) is 35.3 Å². The molecule has 1 aliphatic rings. The number of carbonyl (C=O) groups excluding carboxylic acids is 2. The lowest BCUT2D eigenvalue weighted by Gasteiger charge is -2.41. The Kier molecular flexibility index (Phi) is 7.44. The first kappa shape index (κ1) is 26.1. The molecule has 4 rings (SSSR count). The summed E-state index contributed by atoms with van der Waals surface area (Å²) in [5.41, 5.74) is 3.74. The highest BCUT2D eigenvalue weighted by atomic mass is 19.4. The summed E-state index contributed by atoms with van der Waals surface area (Å²) in [6.45, 7) is -0.294. The number of quaternary nitrogens is 1. The third-order valence-corrected chi connectivity index (χ3v) is 5.79. The summed E-state index contributed by atoms with van der Waals surface area (Å²) in [7, 11) is 0. The van der Waals surface area contributed by atoms with Crippen LogP contribution in [0.25, 0.3) is 10.9 Å². The van der Waals surface area contributed by atoms with E-state index in [0.717, 1.165) is 10.9 Å². The summed E-state index contributed by atoms with van der Waals surface area (Å²) >= 11 is 0. The first-order valence-corrected chi connectivity index (χ1v) is 10.4. The lowest BCUT2D eigenvalue weighted by atomic mass is 9.81. The molecule has 0 bridgehead atoms. The molecule has 0 unspecified atom stereocenters. The van der Waals surface area contributed by atoms with Crippen molar-refractivity contribution in [3.63, 3.8) is 0 Å². The molecule has 1 amide bonds. The zero-order valence-corrected chi connectivity index (χ0v) is 18.3. The SMILES string of the molecule is C[C@@H]1[C@H](c2c(F)ccc(F)c2F)C[C@H]([NH3+])C(=O)N1CC(F)(F)F.O=C([O-])c1cc2ccccc2[nH]1. The number of hydrogen-bond acceptors (Lipinski definition) is 3. The second-order valence-corrected chi connectivity index (χ2v) is 8.18. The van der Waals surface area contributed by atoms with Crippen LogP contribution in [-0.4, -0.2) is 46.6 Å². The largest absolute Gasteiger partial charge is 0.543 e. The Morgan fingerprint density at radius 2 is 1.77 bits per heavy atom. The number of para-hydroxylation sites is 1. The van der Waals surface area contributed by atoms with Crippen molar-refractivity contribution in [1.29, 1.82) is 0 Å². The van der Waals surface area contributed by atoms with Crippen LogP contribution in [0.5, 0.6) is 0 Å². The van der Waals surface area contributed by atoms with Crippen LogP contribution in [0.3, 0.4) is 0 Å². The van der Waals surface area contributed by atoms with Gasteiger partial charge in [0.2, 0.25) is 0 Å². The Bertz CT molecular complexity index is 1210. The number of hydrogen-bond donors (Lipinski definition) is 2. The number of carboxylic acids is 1. The van der Waals surface area contributed by atoms with Gasteiger partial charge >= 0.3 is 6.18 Å². The molecule has 3 atom stereocenters. The fourth-order valence-corrected chi connectivity index (χ4v) is 4.10. The Balaban J connectivity index is 0.000000237. The number of carbonyl (C=O) groups is 2. The number of carboxylic acid groups (broad SMARTS) is 1. The molecule has 1 aliphatic heterocycles. The molecule has 6 nitrogen and oxygen atoms in total. The third kappa shape index (κ3) is 5.76. The highest BCUT2D eigenvalue weighted by molar-refractivity contribution is 5.92. The molecule has 1 fully saturated rings. The summed E-state index contributed by atoms with van der Waals surface area (Å²) in [6.07, 6.45) is -4.82. The van der Waals surface area contributed by atoms with Gasteiger partial charge in [0.25, 0.3) is 5.91 Å². The monoisotopic (exact) mass is 501 g/mol. The predicted octanol–water partition coefficient (Wildman–Crippen LogP) is 2.51. The first-order valence-electron chi connectivity index (χ1n) is 10.4. The molecule has 188 valence electrons. The van der Waals surface area contributed by atoms with Gasteiger partial charge < -0.3 is 25.5 Å². The van der Waals surface area contributed by atoms with Gasteiger partial charge in [-0.3, -0.25) is 4.79 Å². The number of aromatic carboxylic acids is 1. The molecule has 2 aromatic carbocycles. The summed E-state index contributed by atoms with van der Waals surface area (Å²) in [6, 6.07) is 8.00. The van der Waals surface area contributed by atoms with Gasteiger partial charge in [-0.2, -0.15) is 13.2 Å². The lowest BCUT2D eigenvalue weighted by Crippen LogP contribution is -2.72. The molecule has 0 aliphatic carbocycles. The van der Waals surface area contributed by atoms with Gasteiger partial charge in [-0.05, 0) is 31.2 Å². The number of amides is 1. The number of nitrogens with zero attached hydrogens (tertiary/aromatic N) is 1. The Labute approximate surface area is 195 Å². The fourth-order valence-electron chi connectivity index (χ4n) is 4.10. The second-order valence-electron chi connectivity index (χ2n) is 8.18. The maximum atomic E-state index is 13.9. The summed E-state index contributed by atoms with van der Waals surface area (Å²) in [5.74, 6) is -6.94. The van der Waals surface area contributed by atoms with Crippen molar-refractivity contribution in [3.8, 4) is 0 Å². The number of benzene rings is 2. The van der Waals surface area contributed by atoms with Gasteiger partial charge in [-0.1, -0.05) is 18.2 Å². The van der Waals surface area contributed by atoms with E-state index >= 15 is 0 Å². The van der Waals surface area contributed by atoms with Crippen LogP contribution in [-0.2, 0) is 4.79 Å². The van der Waals surface area contributed by atoms with E-state index in [0.29, 0.717) is 17.0 Å². The summed E-state index contributed by atoms with van der Waals surface area (Å²) < 4.78 is 79.2. The van der Waals surface area contributed by atoms with Crippen LogP contribution < -0.4 is 10.8 Å². The highest BCUT2D eigenvalue weighted by Crippen LogP contribution is 2.37. The van der Waals surface area contributed by atoms with E-state index in [4.69, 9.17) is 0 Å². The molecule has 4 N–H and O–H groups in total. The van der Waals surface area contributed by atoms with E-state index in [1.807, 2.05) is 24.3 Å². The second kappa shape index (κ2) is 9.98. The topological polar surface area (TPSA) is 104 Å². The average Bonchev–Trinajstić information content (AvgIpc) is 3.22. The van der Waals surface area contributed by atoms with Gasteiger partial charge in [0, 0.05) is 34.8 Å². The standard InChI is InChI=1S/C14H14F6N2O.C9H7NO2/c1-6-7(11-8(15)2-3-9(16)12(11)17)4-10(21)13(23)22(6)5-14(18,19)20;11-9(12)8-5-6-3-1-2-4-7(6)10-8/h2-3,6-7,10H,4-5,21H2,1H3;1-5,10H,(H,11,12)/t6-,7-,10+;/m1./s1. The lowest BCUT2D eigenvalue weighted by molar-refractivity contribution is -0.412. The molecule has 0 radical (unpaired) electrons. The molecular formula is C23H21F6N3O3. The van der Waals surface area contributed by atoms with Crippen molar-refractivity contribution in [3.05, 3.63) is 71.2 Å². The normalized spacial score (nSPS) is 20.5. The van der Waals surface area contributed by atoms with Gasteiger partial charge in [-0.25, -0.2) is 13.2 Å². The van der Waals surface area contributed by atoms with Crippen LogP contribution >= 0.6 is 0 Å². The number of aromatic nitrogens is 1. The summed E-state index contributed by atoms with van der Waals surface area (Å²) in [5, 5.41) is 11.3. The van der Waals surface area contributed by atoms with Crippen LogP contribution in [0, 0.1) is 17.5 Å². The van der Waals surface area contributed by atoms with Crippen molar-refractivity contribution in [1.82, 2.24) is 9.88 Å². The number of rotatable bonds is 3. The highest BCUT2D eigenvalue weighted by Gasteiger charge is 2.46. The van der Waals surface area contributed by atoms with Crippen molar-refractivity contribution in [2.45, 2.75) is 37.5 Å². The molecule has 3 aromatic rings. The van der Waals surface area contributed by atoms with E-state index in [1.54, 1.807) is 6.07 Å². The maximum Gasteiger partial charge on any atom is 0.406 e. The van der Waals surface area contributed by atoms with Gasteiger partial charge in [0.15, 0.2) is 17.7 Å². The third-order valence-electron chi connectivity index (χ3n) is 5.79. The molecule has 12 heteroatoms. The molecule has 2 heterocycles. The van der Waals surface area contributed by atoms with Crippen molar-refractivity contribution >= 4 is 22.8 Å². The van der Waals surface area contributed by atoms with E-state index in [1.165, 1.54) is 6.92 Å². The molecule has 1 aromatic heterocycles. The first-order chi connectivity index (χ1) is 16.3. The molecule has 0 saturated carbocycles. The number of H-pyrrole nitrogens is 1. The minimum atomic E-state index is -4.66. The molecule has 35 heavy (non-hydrogen) atoms. The number of piperidine rings is 1. The molecular weight excluding hydrogens is 480 g/mol. The van der Waals surface area contributed by atoms with Crippen LogP contribution in [0.15, 0.2) is 42.5 Å². The van der Waals surface area contributed by atoms with Crippen molar-refractivity contribution in [2.75, 3.05) is 6.54 Å². The van der Waals surface area contributed by atoms with E-state index < -0.39 is 65.6 Å². The number of halogens is 6. The Morgan fingerprint density at radius 3 is 2.37 bits per heavy atom. The van der Waals surface area contributed by atoms with E-state index in [2.05, 4.69) is 10.7 Å². The van der Waals surface area contributed by atoms with Crippen molar-refractivity contribution < 1.29 is 46.8 Å². The van der Waals surface area contributed by atoms with Gasteiger partial charge in [-0.15, -0.1) is 0 Å². The fraction of sp³-hybridized carbons (Fsp3) is 0.304. The zero-order valence-electron chi connectivity index (χ0n) is 18.3. The van der Waals surface area contributed by atoms with Crippen molar-refractivity contribution in [2.24, 2.45) is 0 Å². The average molecular weight is 501 g/mol. The molecule has 1 saturated heterocycles. The smallest absolute Gasteiger partial charge is 0.406 e. The maximum absolute atomic E-state index is 13.9. The number of alkyl halides is 3. The summed E-state index contributed by atoms with van der Waals surface area (Å²) in [4.78, 5) is 25.6. The minimum absolute atomic E-state index is 0.121. The van der Waals surface area contributed by atoms with Gasteiger partial charge in [0.05, 0.1) is 11.7 Å². The van der Waals surface area contributed by atoms with Crippen LogP contribution in [0.2, 0.25) is 0 Å². The minimum Gasteiger partial charge on any atom is -0.543 e. The van der Waals surface area contributed by atoms with E-state index in [-0.39, 0.29) is 12.1 Å². The van der Waals surface area contributed by atoms with E-state index in [9.17, 15) is 41.0 Å². The Hall–Kier alpha value is -3.54. The number of aromatic amines is 1. The Morgan fingerprint density at radius 1 is 1.14 bits per heavy atom.